The van der Waals surface area contributed by atoms with E-state index in [0.29, 0.717) is 6.04 Å². The molecule has 2 saturated heterocycles. The Hall–Kier alpha value is -0.120. The summed E-state index contributed by atoms with van der Waals surface area (Å²) in [5.74, 6) is 0.774. The number of hydrogen-bond acceptors (Lipinski definition) is 3. The first-order valence-corrected chi connectivity index (χ1v) is 5.60. The number of methoxy groups -OCH3 is 1. The van der Waals surface area contributed by atoms with E-state index in [-0.39, 0.29) is 11.1 Å². The molecule has 4 rings (SSSR count). The monoisotopic (exact) mass is 197 g/mol. The maximum atomic E-state index is 10.1. The Morgan fingerprint density at radius 1 is 1.36 bits per heavy atom. The minimum atomic E-state index is -0.0138. The van der Waals surface area contributed by atoms with E-state index in [2.05, 4.69) is 6.92 Å². The van der Waals surface area contributed by atoms with Gasteiger partial charge < -0.3 is 9.94 Å². The van der Waals surface area contributed by atoms with Crippen LogP contribution >= 0.6 is 0 Å². The first-order chi connectivity index (χ1) is 6.57. The van der Waals surface area contributed by atoms with Crippen molar-refractivity contribution in [2.75, 3.05) is 7.11 Å². The van der Waals surface area contributed by atoms with Crippen LogP contribution in [0.1, 0.15) is 39.0 Å². The van der Waals surface area contributed by atoms with Crippen LogP contribution in [-0.4, -0.2) is 34.6 Å². The Labute approximate surface area is 85.0 Å². The molecule has 4 aliphatic rings. The first kappa shape index (κ1) is 9.13. The number of rotatable bonds is 1. The Morgan fingerprint density at radius 3 is 2.79 bits per heavy atom. The SMILES string of the molecule is COC12CC3CC(C1)N(O)C(C)(C3)C2. The van der Waals surface area contributed by atoms with Gasteiger partial charge in [0.15, 0.2) is 0 Å². The molecule has 0 aromatic rings. The van der Waals surface area contributed by atoms with Gasteiger partial charge in [0.1, 0.15) is 0 Å². The molecule has 1 N–H and O–H groups in total. The second-order valence-electron chi connectivity index (χ2n) is 5.77. The lowest BCUT2D eigenvalue weighted by atomic mass is 9.57. The highest BCUT2D eigenvalue weighted by Gasteiger charge is 2.60. The predicted octanol–water partition coefficient (Wildman–Crippen LogP) is 1.80. The van der Waals surface area contributed by atoms with Gasteiger partial charge >= 0.3 is 0 Å². The van der Waals surface area contributed by atoms with Crippen LogP contribution in [0.15, 0.2) is 0 Å². The van der Waals surface area contributed by atoms with Crippen LogP contribution in [0, 0.1) is 5.92 Å². The highest BCUT2D eigenvalue weighted by molar-refractivity contribution is 5.12. The van der Waals surface area contributed by atoms with Crippen LogP contribution in [0.4, 0.5) is 0 Å². The lowest BCUT2D eigenvalue weighted by molar-refractivity contribution is -0.304. The molecule has 4 atom stereocenters. The molecule has 4 fully saturated rings. The van der Waals surface area contributed by atoms with E-state index >= 15 is 0 Å². The number of piperidine rings is 2. The van der Waals surface area contributed by atoms with Gasteiger partial charge in [-0.15, -0.1) is 0 Å². The molecule has 0 radical (unpaired) electrons. The summed E-state index contributed by atoms with van der Waals surface area (Å²) in [6, 6.07) is 0.348. The Bertz CT molecular complexity index is 264. The average Bonchev–Trinajstić information content (AvgIpc) is 2.12. The van der Waals surface area contributed by atoms with Crippen molar-refractivity contribution in [3.05, 3.63) is 0 Å². The molecule has 3 nitrogen and oxygen atoms in total. The molecule has 0 amide bonds. The molecule has 0 aromatic carbocycles. The van der Waals surface area contributed by atoms with Crippen LogP contribution in [0.3, 0.4) is 0 Å². The number of hydroxylamine groups is 2. The van der Waals surface area contributed by atoms with Gasteiger partial charge in [-0.3, -0.25) is 0 Å². The smallest absolute Gasteiger partial charge is 0.0715 e. The second-order valence-corrected chi connectivity index (χ2v) is 5.77. The largest absolute Gasteiger partial charge is 0.378 e. The van der Waals surface area contributed by atoms with Crippen LogP contribution < -0.4 is 0 Å². The Morgan fingerprint density at radius 2 is 2.14 bits per heavy atom. The molecule has 2 saturated carbocycles. The van der Waals surface area contributed by atoms with Crippen molar-refractivity contribution in [1.29, 1.82) is 0 Å². The van der Waals surface area contributed by atoms with E-state index in [1.165, 1.54) is 6.42 Å². The maximum Gasteiger partial charge on any atom is 0.0715 e. The standard InChI is InChI=1S/C11H19NO2/c1-10-4-8-3-9(12(10)13)6-11(5-8,7-10)14-2/h8-9,13H,3-7H2,1-2H3. The zero-order valence-corrected chi connectivity index (χ0v) is 8.99. The summed E-state index contributed by atoms with van der Waals surface area (Å²) >= 11 is 0. The van der Waals surface area contributed by atoms with E-state index < -0.39 is 0 Å². The average molecular weight is 197 g/mol. The summed E-state index contributed by atoms with van der Waals surface area (Å²) < 4.78 is 5.73. The molecule has 4 bridgehead atoms. The van der Waals surface area contributed by atoms with Gasteiger partial charge in [-0.25, -0.2) is 0 Å². The highest BCUT2D eigenvalue weighted by Crippen LogP contribution is 2.56. The molecule has 2 aliphatic carbocycles. The zero-order chi connectivity index (χ0) is 9.97. The Kier molecular flexibility index (Phi) is 1.64. The Balaban J connectivity index is 1.98. The van der Waals surface area contributed by atoms with E-state index in [0.717, 1.165) is 31.6 Å². The van der Waals surface area contributed by atoms with E-state index in [4.69, 9.17) is 4.74 Å². The van der Waals surface area contributed by atoms with Gasteiger partial charge in [-0.1, -0.05) is 0 Å². The van der Waals surface area contributed by atoms with Gasteiger partial charge in [-0.05, 0) is 44.9 Å². The minimum Gasteiger partial charge on any atom is -0.378 e. The molecule has 4 unspecified atom stereocenters. The summed E-state index contributed by atoms with van der Waals surface area (Å²) in [5.41, 5.74) is 0.0694. The van der Waals surface area contributed by atoms with Crippen LogP contribution in [0.5, 0.6) is 0 Å². The van der Waals surface area contributed by atoms with Gasteiger partial charge in [-0.2, -0.15) is 5.06 Å². The predicted molar refractivity (Wildman–Crippen MR) is 52.1 cm³/mol. The lowest BCUT2D eigenvalue weighted by Gasteiger charge is -2.63. The van der Waals surface area contributed by atoms with Gasteiger partial charge in [0.25, 0.3) is 0 Å². The molecular formula is C11H19NO2. The minimum absolute atomic E-state index is 0.0138. The molecule has 14 heavy (non-hydrogen) atoms. The third kappa shape index (κ3) is 0.980. The van der Waals surface area contributed by atoms with Crippen molar-refractivity contribution in [2.24, 2.45) is 5.92 Å². The van der Waals surface area contributed by atoms with Gasteiger partial charge in [0, 0.05) is 18.7 Å². The fourth-order valence-corrected chi connectivity index (χ4v) is 4.32. The second kappa shape index (κ2) is 2.52. The van der Waals surface area contributed by atoms with E-state index in [1.807, 2.05) is 7.11 Å². The lowest BCUT2D eigenvalue weighted by Crippen LogP contribution is -2.69. The summed E-state index contributed by atoms with van der Waals surface area (Å²) in [6.07, 6.45) is 5.54. The van der Waals surface area contributed by atoms with Gasteiger partial charge in [0.05, 0.1) is 5.60 Å². The zero-order valence-electron chi connectivity index (χ0n) is 8.99. The molecule has 3 heteroatoms. The van der Waals surface area contributed by atoms with Crippen molar-refractivity contribution < 1.29 is 9.94 Å². The van der Waals surface area contributed by atoms with Crippen molar-refractivity contribution in [3.8, 4) is 0 Å². The molecule has 80 valence electrons. The van der Waals surface area contributed by atoms with Crippen LogP contribution in [-0.2, 0) is 4.74 Å². The topological polar surface area (TPSA) is 32.7 Å². The fraction of sp³-hybridized carbons (Fsp3) is 1.00. The van der Waals surface area contributed by atoms with Crippen molar-refractivity contribution in [3.63, 3.8) is 0 Å². The number of hydrogen-bond donors (Lipinski definition) is 1. The third-order valence-electron chi connectivity index (χ3n) is 4.64. The summed E-state index contributed by atoms with van der Waals surface area (Å²) in [5, 5.41) is 11.7. The van der Waals surface area contributed by atoms with Gasteiger partial charge in [0.2, 0.25) is 0 Å². The summed E-state index contributed by atoms with van der Waals surface area (Å²) in [7, 11) is 1.83. The quantitative estimate of drug-likeness (QED) is 0.695. The molecular weight excluding hydrogens is 178 g/mol. The first-order valence-electron chi connectivity index (χ1n) is 5.60. The third-order valence-corrected chi connectivity index (χ3v) is 4.64. The molecule has 0 aromatic heterocycles. The summed E-state index contributed by atoms with van der Waals surface area (Å²) in [4.78, 5) is 0. The maximum absolute atomic E-state index is 10.1. The highest BCUT2D eigenvalue weighted by atomic mass is 16.5. The van der Waals surface area contributed by atoms with Crippen LogP contribution in [0.25, 0.3) is 0 Å². The normalized spacial score (nSPS) is 56.8. The van der Waals surface area contributed by atoms with Crippen molar-refractivity contribution in [1.82, 2.24) is 5.06 Å². The molecule has 2 aliphatic heterocycles. The number of nitrogens with zero attached hydrogens (tertiary/aromatic N) is 1. The summed E-state index contributed by atoms with van der Waals surface area (Å²) in [6.45, 7) is 2.18. The fourth-order valence-electron chi connectivity index (χ4n) is 4.32. The van der Waals surface area contributed by atoms with E-state index in [9.17, 15) is 5.21 Å². The van der Waals surface area contributed by atoms with E-state index in [1.54, 1.807) is 5.06 Å². The molecule has 2 heterocycles. The van der Waals surface area contributed by atoms with Crippen molar-refractivity contribution >= 4 is 0 Å². The van der Waals surface area contributed by atoms with Crippen molar-refractivity contribution in [2.45, 2.75) is 56.2 Å². The number of ether oxygens (including phenoxy) is 1. The van der Waals surface area contributed by atoms with Crippen LogP contribution in [0.2, 0.25) is 0 Å². The molecule has 0 spiro atoms.